The van der Waals surface area contributed by atoms with Crippen molar-refractivity contribution in [3.63, 3.8) is 0 Å². The lowest BCUT2D eigenvalue weighted by atomic mass is 9.68. The van der Waals surface area contributed by atoms with E-state index in [1.54, 1.807) is 7.11 Å². The van der Waals surface area contributed by atoms with Crippen molar-refractivity contribution < 1.29 is 9.84 Å². The Morgan fingerprint density at radius 2 is 1.82 bits per heavy atom. The SMILES string of the molecule is COCC(O)(CCCN)C1CC(C)CC(C)C1. The summed E-state index contributed by atoms with van der Waals surface area (Å²) < 4.78 is 5.24. The van der Waals surface area contributed by atoms with Crippen molar-refractivity contribution >= 4 is 0 Å². The van der Waals surface area contributed by atoms with Crippen LogP contribution in [0.15, 0.2) is 0 Å². The van der Waals surface area contributed by atoms with Crippen molar-refractivity contribution in [2.24, 2.45) is 23.5 Å². The Hall–Kier alpha value is -0.120. The van der Waals surface area contributed by atoms with Gasteiger partial charge >= 0.3 is 0 Å². The molecule has 1 saturated carbocycles. The lowest BCUT2D eigenvalue weighted by Crippen LogP contribution is -2.45. The smallest absolute Gasteiger partial charge is 0.0908 e. The molecule has 3 N–H and O–H groups in total. The molecule has 1 rings (SSSR count). The van der Waals surface area contributed by atoms with Crippen LogP contribution < -0.4 is 5.73 Å². The maximum atomic E-state index is 10.8. The van der Waals surface area contributed by atoms with Gasteiger partial charge in [0, 0.05) is 7.11 Å². The molecule has 0 heterocycles. The van der Waals surface area contributed by atoms with Gasteiger partial charge in [-0.2, -0.15) is 0 Å². The van der Waals surface area contributed by atoms with Crippen molar-refractivity contribution in [3.8, 4) is 0 Å². The lowest BCUT2D eigenvalue weighted by molar-refractivity contribution is -0.0995. The summed E-state index contributed by atoms with van der Waals surface area (Å²) >= 11 is 0. The van der Waals surface area contributed by atoms with Gasteiger partial charge in [0.25, 0.3) is 0 Å². The molecule has 1 aliphatic carbocycles. The predicted octanol–water partition coefficient (Wildman–Crippen LogP) is 2.18. The van der Waals surface area contributed by atoms with Gasteiger partial charge in [-0.25, -0.2) is 0 Å². The van der Waals surface area contributed by atoms with E-state index in [1.165, 1.54) is 6.42 Å². The van der Waals surface area contributed by atoms with Crippen LogP contribution in [0.5, 0.6) is 0 Å². The van der Waals surface area contributed by atoms with Crippen LogP contribution in [0.25, 0.3) is 0 Å². The Bertz CT molecular complexity index is 212. The van der Waals surface area contributed by atoms with E-state index in [0.29, 0.717) is 30.9 Å². The van der Waals surface area contributed by atoms with Crippen LogP contribution in [0.3, 0.4) is 0 Å². The summed E-state index contributed by atoms with van der Waals surface area (Å²) in [5, 5.41) is 10.8. The molecule has 0 amide bonds. The number of hydrogen-bond acceptors (Lipinski definition) is 3. The zero-order valence-electron chi connectivity index (χ0n) is 11.6. The summed E-state index contributed by atoms with van der Waals surface area (Å²) in [5.74, 6) is 1.79. The molecule has 3 atom stereocenters. The Balaban J connectivity index is 2.67. The van der Waals surface area contributed by atoms with Gasteiger partial charge < -0.3 is 15.6 Å². The zero-order chi connectivity index (χ0) is 12.9. The van der Waals surface area contributed by atoms with Crippen molar-refractivity contribution in [1.82, 2.24) is 0 Å². The molecule has 0 aromatic heterocycles. The molecule has 0 aliphatic heterocycles. The van der Waals surface area contributed by atoms with E-state index < -0.39 is 5.60 Å². The van der Waals surface area contributed by atoms with Gasteiger partial charge in [-0.05, 0) is 56.4 Å². The molecule has 1 fully saturated rings. The van der Waals surface area contributed by atoms with Gasteiger partial charge in [0.15, 0.2) is 0 Å². The first-order valence-electron chi connectivity index (χ1n) is 6.93. The molecular weight excluding hydrogens is 214 g/mol. The average molecular weight is 243 g/mol. The van der Waals surface area contributed by atoms with Crippen LogP contribution >= 0.6 is 0 Å². The van der Waals surface area contributed by atoms with E-state index in [2.05, 4.69) is 13.8 Å². The molecule has 3 nitrogen and oxygen atoms in total. The summed E-state index contributed by atoms with van der Waals surface area (Å²) in [6, 6.07) is 0. The maximum absolute atomic E-state index is 10.8. The van der Waals surface area contributed by atoms with Crippen LogP contribution in [0.1, 0.15) is 46.0 Å². The summed E-state index contributed by atoms with van der Waals surface area (Å²) in [5.41, 5.74) is 4.89. The lowest BCUT2D eigenvalue weighted by Gasteiger charge is -2.42. The van der Waals surface area contributed by atoms with Crippen LogP contribution in [-0.4, -0.2) is 31.0 Å². The number of aliphatic hydroxyl groups is 1. The van der Waals surface area contributed by atoms with Crippen molar-refractivity contribution in [3.05, 3.63) is 0 Å². The normalized spacial score (nSPS) is 33.4. The molecule has 0 spiro atoms. The van der Waals surface area contributed by atoms with E-state index in [1.807, 2.05) is 0 Å². The first-order valence-corrected chi connectivity index (χ1v) is 6.93. The first kappa shape index (κ1) is 14.9. The van der Waals surface area contributed by atoms with Crippen LogP contribution in [0.2, 0.25) is 0 Å². The maximum Gasteiger partial charge on any atom is 0.0908 e. The van der Waals surface area contributed by atoms with Crippen LogP contribution in [0, 0.1) is 17.8 Å². The highest BCUT2D eigenvalue weighted by molar-refractivity contribution is 4.91. The van der Waals surface area contributed by atoms with E-state index in [0.717, 1.165) is 25.7 Å². The van der Waals surface area contributed by atoms with Crippen molar-refractivity contribution in [2.45, 2.75) is 51.6 Å². The van der Waals surface area contributed by atoms with Gasteiger partial charge in [0.1, 0.15) is 0 Å². The van der Waals surface area contributed by atoms with Gasteiger partial charge in [-0.1, -0.05) is 13.8 Å². The van der Waals surface area contributed by atoms with Gasteiger partial charge in [-0.3, -0.25) is 0 Å². The zero-order valence-corrected chi connectivity index (χ0v) is 11.6. The summed E-state index contributed by atoms with van der Waals surface area (Å²) in [7, 11) is 1.67. The standard InChI is InChI=1S/C14H29NO2/c1-11-7-12(2)9-13(8-11)14(16,10-17-3)5-4-6-15/h11-13,16H,4-10,15H2,1-3H3. The van der Waals surface area contributed by atoms with E-state index in [-0.39, 0.29) is 0 Å². The molecule has 0 bridgehead atoms. The molecule has 0 radical (unpaired) electrons. The third kappa shape index (κ3) is 4.23. The third-order valence-electron chi connectivity index (χ3n) is 4.15. The second-order valence-electron chi connectivity index (χ2n) is 6.04. The molecule has 1 aliphatic rings. The Kier molecular flexibility index (Phi) is 5.90. The second kappa shape index (κ2) is 6.72. The fourth-order valence-electron chi connectivity index (χ4n) is 3.44. The highest BCUT2D eigenvalue weighted by atomic mass is 16.5. The Morgan fingerprint density at radius 1 is 1.24 bits per heavy atom. The van der Waals surface area contributed by atoms with Crippen molar-refractivity contribution in [1.29, 1.82) is 0 Å². The number of nitrogens with two attached hydrogens (primary N) is 1. The number of ether oxygens (including phenoxy) is 1. The molecule has 0 saturated heterocycles. The largest absolute Gasteiger partial charge is 0.387 e. The second-order valence-corrected chi connectivity index (χ2v) is 6.04. The fraction of sp³-hybridized carbons (Fsp3) is 1.00. The molecule has 0 aromatic carbocycles. The fourth-order valence-corrected chi connectivity index (χ4v) is 3.44. The van der Waals surface area contributed by atoms with E-state index in [9.17, 15) is 5.11 Å². The summed E-state index contributed by atoms with van der Waals surface area (Å²) in [4.78, 5) is 0. The number of rotatable bonds is 6. The average Bonchev–Trinajstić information content (AvgIpc) is 2.25. The quantitative estimate of drug-likeness (QED) is 0.752. The van der Waals surface area contributed by atoms with Gasteiger partial charge in [0.2, 0.25) is 0 Å². The highest BCUT2D eigenvalue weighted by Crippen LogP contribution is 2.40. The minimum absolute atomic E-state index is 0.368. The molecule has 0 aromatic rings. The molecular formula is C14H29NO2. The number of hydrogen-bond donors (Lipinski definition) is 2. The third-order valence-corrected chi connectivity index (χ3v) is 4.15. The Morgan fingerprint density at radius 3 is 2.29 bits per heavy atom. The Labute approximate surface area is 106 Å². The first-order chi connectivity index (χ1) is 8.01. The highest BCUT2D eigenvalue weighted by Gasteiger charge is 2.39. The van der Waals surface area contributed by atoms with Crippen LogP contribution in [-0.2, 0) is 4.74 Å². The predicted molar refractivity (Wildman–Crippen MR) is 70.8 cm³/mol. The van der Waals surface area contributed by atoms with E-state index >= 15 is 0 Å². The van der Waals surface area contributed by atoms with Gasteiger partial charge in [-0.15, -0.1) is 0 Å². The molecule has 102 valence electrons. The molecule has 3 unspecified atom stereocenters. The summed E-state index contributed by atoms with van der Waals surface area (Å²) in [6.07, 6.45) is 5.17. The van der Waals surface area contributed by atoms with E-state index in [4.69, 9.17) is 10.5 Å². The monoisotopic (exact) mass is 243 g/mol. The van der Waals surface area contributed by atoms with Gasteiger partial charge in [0.05, 0.1) is 12.2 Å². The molecule has 3 heteroatoms. The molecule has 17 heavy (non-hydrogen) atoms. The minimum atomic E-state index is -0.670. The topological polar surface area (TPSA) is 55.5 Å². The van der Waals surface area contributed by atoms with Crippen LogP contribution in [0.4, 0.5) is 0 Å². The minimum Gasteiger partial charge on any atom is -0.387 e. The summed E-state index contributed by atoms with van der Waals surface area (Å²) in [6.45, 7) is 5.67. The van der Waals surface area contributed by atoms with Crippen molar-refractivity contribution in [2.75, 3.05) is 20.3 Å². The number of methoxy groups -OCH3 is 1.